The van der Waals surface area contributed by atoms with Crippen LogP contribution in [-0.4, -0.2) is 27.9 Å². The Hall–Kier alpha value is -1.64. The molecule has 2 rings (SSSR count). The van der Waals surface area contributed by atoms with Crippen LogP contribution >= 0.6 is 0 Å². The fraction of sp³-hybridized carbons (Fsp3) is 0.462. The Balaban J connectivity index is 2.19. The Morgan fingerprint density at radius 1 is 1.38 bits per heavy atom. The number of aryl methyl sites for hydroxylation is 1. The molecule has 0 aliphatic heterocycles. The van der Waals surface area contributed by atoms with E-state index in [1.165, 1.54) is 6.07 Å². The molecule has 2 N–H and O–H groups in total. The summed E-state index contributed by atoms with van der Waals surface area (Å²) >= 11 is 0. The van der Waals surface area contributed by atoms with Crippen molar-refractivity contribution in [1.29, 1.82) is 0 Å². The molecule has 8 heteroatoms. The number of aliphatic hydroxyl groups excluding tert-OH is 1. The van der Waals surface area contributed by atoms with E-state index in [2.05, 4.69) is 9.82 Å². The second kappa shape index (κ2) is 6.00. The van der Waals surface area contributed by atoms with Gasteiger partial charge in [0.05, 0.1) is 17.7 Å². The zero-order chi connectivity index (χ0) is 15.6. The van der Waals surface area contributed by atoms with E-state index < -0.39 is 10.0 Å². The van der Waals surface area contributed by atoms with Gasteiger partial charge in [-0.1, -0.05) is 0 Å². The molecule has 0 amide bonds. The van der Waals surface area contributed by atoms with Gasteiger partial charge in [0.25, 0.3) is 0 Å². The van der Waals surface area contributed by atoms with Gasteiger partial charge < -0.3 is 9.67 Å². The van der Waals surface area contributed by atoms with Crippen LogP contribution in [0.5, 0.6) is 0 Å². The summed E-state index contributed by atoms with van der Waals surface area (Å²) in [5.41, 5.74) is 1.36. The fourth-order valence-corrected chi connectivity index (χ4v) is 3.14. The number of hydrogen-bond acceptors (Lipinski definition) is 4. The maximum Gasteiger partial charge on any atom is 0.242 e. The molecule has 2 heterocycles. The molecule has 0 saturated carbocycles. The van der Waals surface area contributed by atoms with Crippen molar-refractivity contribution >= 4 is 10.0 Å². The molecule has 0 aromatic carbocycles. The number of aliphatic hydroxyl groups is 1. The lowest BCUT2D eigenvalue weighted by Crippen LogP contribution is -2.22. The van der Waals surface area contributed by atoms with Gasteiger partial charge in [0, 0.05) is 43.3 Å². The van der Waals surface area contributed by atoms with Crippen molar-refractivity contribution in [1.82, 2.24) is 19.1 Å². The number of aromatic nitrogens is 3. The second-order valence-corrected chi connectivity index (χ2v) is 6.94. The van der Waals surface area contributed by atoms with Gasteiger partial charge in [0.15, 0.2) is 0 Å². The molecule has 7 nitrogen and oxygen atoms in total. The van der Waals surface area contributed by atoms with Gasteiger partial charge in [-0.25, -0.2) is 13.1 Å². The number of nitrogens with zero attached hydrogens (tertiary/aromatic N) is 3. The molecule has 0 radical (unpaired) electrons. The Bertz CT molecular complexity index is 716. The molecule has 116 valence electrons. The fourth-order valence-electron chi connectivity index (χ4n) is 2.08. The quantitative estimate of drug-likeness (QED) is 0.824. The minimum absolute atomic E-state index is 0.0782. The molecule has 2 aromatic heterocycles. The third-order valence-corrected chi connectivity index (χ3v) is 4.53. The number of nitrogens with one attached hydrogen (secondary N) is 1. The van der Waals surface area contributed by atoms with Crippen LogP contribution < -0.4 is 4.72 Å². The number of rotatable bonds is 6. The highest BCUT2D eigenvalue weighted by atomic mass is 32.2. The molecule has 2 aromatic rings. The summed E-state index contributed by atoms with van der Waals surface area (Å²) in [4.78, 5) is 0.157. The largest absolute Gasteiger partial charge is 0.390 e. The summed E-state index contributed by atoms with van der Waals surface area (Å²) in [6, 6.07) is 1.57. The lowest BCUT2D eigenvalue weighted by atomic mass is 10.3. The Morgan fingerprint density at radius 2 is 2.10 bits per heavy atom. The van der Waals surface area contributed by atoms with E-state index in [1.54, 1.807) is 34.9 Å². The normalized spacial score (nSPS) is 12.2. The van der Waals surface area contributed by atoms with Crippen LogP contribution in [0.1, 0.15) is 31.1 Å². The topological polar surface area (TPSA) is 89.2 Å². The minimum Gasteiger partial charge on any atom is -0.390 e. The molecular formula is C13H20N4O3S. The van der Waals surface area contributed by atoms with Crippen LogP contribution in [0.15, 0.2) is 29.6 Å². The minimum atomic E-state index is -3.61. The van der Waals surface area contributed by atoms with Gasteiger partial charge in [-0.15, -0.1) is 0 Å². The molecule has 0 unspecified atom stereocenters. The Morgan fingerprint density at radius 3 is 2.57 bits per heavy atom. The monoisotopic (exact) mass is 312 g/mol. The molecule has 21 heavy (non-hydrogen) atoms. The first-order chi connectivity index (χ1) is 9.83. The maximum atomic E-state index is 12.3. The van der Waals surface area contributed by atoms with E-state index in [9.17, 15) is 13.5 Å². The number of sulfonamides is 1. The predicted octanol–water partition coefficient (Wildman–Crippen LogP) is 0.773. The summed E-state index contributed by atoms with van der Waals surface area (Å²) < 4.78 is 30.5. The summed E-state index contributed by atoms with van der Waals surface area (Å²) in [6.45, 7) is 3.84. The predicted molar refractivity (Wildman–Crippen MR) is 78.0 cm³/mol. The van der Waals surface area contributed by atoms with Crippen molar-refractivity contribution in [2.45, 2.75) is 37.9 Å². The third-order valence-electron chi connectivity index (χ3n) is 3.16. The van der Waals surface area contributed by atoms with Crippen LogP contribution in [0.3, 0.4) is 0 Å². The SMILES string of the molecule is CC(C)n1cc(S(=O)(=O)NCc2cnn(C)c2)cc1CO. The summed E-state index contributed by atoms with van der Waals surface area (Å²) in [6.07, 6.45) is 4.91. The first kappa shape index (κ1) is 15.7. The summed E-state index contributed by atoms with van der Waals surface area (Å²) in [7, 11) is -1.84. The summed E-state index contributed by atoms with van der Waals surface area (Å²) in [5, 5.41) is 13.3. The smallest absolute Gasteiger partial charge is 0.242 e. The van der Waals surface area contributed by atoms with Crippen molar-refractivity contribution in [2.24, 2.45) is 7.05 Å². The van der Waals surface area contributed by atoms with Gasteiger partial charge >= 0.3 is 0 Å². The second-order valence-electron chi connectivity index (χ2n) is 5.17. The Kier molecular flexibility index (Phi) is 4.50. The standard InChI is InChI=1S/C13H20N4O3S/c1-10(2)17-8-13(4-12(17)9-18)21(19,20)15-6-11-5-14-16(3)7-11/h4-5,7-8,10,15,18H,6,9H2,1-3H3. The van der Waals surface area contributed by atoms with E-state index in [1.807, 2.05) is 13.8 Å². The van der Waals surface area contributed by atoms with Gasteiger partial charge in [-0.3, -0.25) is 4.68 Å². The molecule has 0 fully saturated rings. The van der Waals surface area contributed by atoms with Crippen LogP contribution in [0, 0.1) is 0 Å². The van der Waals surface area contributed by atoms with E-state index in [0.29, 0.717) is 5.69 Å². The van der Waals surface area contributed by atoms with Gasteiger partial charge in [-0.05, 0) is 19.9 Å². The molecule has 0 saturated heterocycles. The van der Waals surface area contributed by atoms with Crippen molar-refractivity contribution in [3.63, 3.8) is 0 Å². The highest BCUT2D eigenvalue weighted by molar-refractivity contribution is 7.89. The maximum absolute atomic E-state index is 12.3. The van der Waals surface area contributed by atoms with E-state index in [0.717, 1.165) is 5.56 Å². The third kappa shape index (κ3) is 3.52. The zero-order valence-electron chi connectivity index (χ0n) is 12.3. The van der Waals surface area contributed by atoms with Crippen LogP contribution in [-0.2, 0) is 30.2 Å². The number of hydrogen-bond donors (Lipinski definition) is 2. The van der Waals surface area contributed by atoms with E-state index >= 15 is 0 Å². The highest BCUT2D eigenvalue weighted by Crippen LogP contribution is 2.19. The lowest BCUT2D eigenvalue weighted by molar-refractivity contribution is 0.268. The molecular weight excluding hydrogens is 292 g/mol. The van der Waals surface area contributed by atoms with Crippen molar-refractivity contribution in [3.8, 4) is 0 Å². The molecule has 0 spiro atoms. The average molecular weight is 312 g/mol. The molecule has 0 bridgehead atoms. The van der Waals surface area contributed by atoms with Crippen molar-refractivity contribution in [2.75, 3.05) is 0 Å². The molecule has 0 aliphatic carbocycles. The van der Waals surface area contributed by atoms with Crippen LogP contribution in [0.2, 0.25) is 0 Å². The van der Waals surface area contributed by atoms with Crippen LogP contribution in [0.25, 0.3) is 0 Å². The first-order valence-electron chi connectivity index (χ1n) is 6.62. The lowest BCUT2D eigenvalue weighted by Gasteiger charge is -2.10. The average Bonchev–Trinajstić information content (AvgIpc) is 3.02. The zero-order valence-corrected chi connectivity index (χ0v) is 13.1. The van der Waals surface area contributed by atoms with Crippen molar-refractivity contribution in [3.05, 3.63) is 35.9 Å². The molecule has 0 atom stereocenters. The van der Waals surface area contributed by atoms with Crippen molar-refractivity contribution < 1.29 is 13.5 Å². The van der Waals surface area contributed by atoms with Gasteiger partial charge in [0.1, 0.15) is 0 Å². The van der Waals surface area contributed by atoms with Gasteiger partial charge in [0.2, 0.25) is 10.0 Å². The highest BCUT2D eigenvalue weighted by Gasteiger charge is 2.19. The van der Waals surface area contributed by atoms with E-state index in [4.69, 9.17) is 0 Å². The van der Waals surface area contributed by atoms with E-state index in [-0.39, 0.29) is 24.1 Å². The summed E-state index contributed by atoms with van der Waals surface area (Å²) in [5.74, 6) is 0. The first-order valence-corrected chi connectivity index (χ1v) is 8.10. The molecule has 0 aliphatic rings. The van der Waals surface area contributed by atoms with Crippen LogP contribution in [0.4, 0.5) is 0 Å². The van der Waals surface area contributed by atoms with Gasteiger partial charge in [-0.2, -0.15) is 5.10 Å². The Labute approximate surface area is 124 Å².